The van der Waals surface area contributed by atoms with E-state index in [9.17, 15) is 4.79 Å². The van der Waals surface area contributed by atoms with E-state index in [1.165, 1.54) is 0 Å². The average Bonchev–Trinajstić information content (AvgIpc) is 3.09. The van der Waals surface area contributed by atoms with E-state index in [2.05, 4.69) is 25.3 Å². The van der Waals surface area contributed by atoms with Gasteiger partial charge in [-0.05, 0) is 12.8 Å². The molecule has 8 heteroatoms. The van der Waals surface area contributed by atoms with Crippen LogP contribution in [0.5, 0.6) is 0 Å². The first-order chi connectivity index (χ1) is 9.74. The van der Waals surface area contributed by atoms with Gasteiger partial charge in [0.05, 0.1) is 6.33 Å². The van der Waals surface area contributed by atoms with Crippen molar-refractivity contribution in [1.82, 2.24) is 24.8 Å². The van der Waals surface area contributed by atoms with Gasteiger partial charge in [-0.25, -0.2) is 4.98 Å². The minimum Gasteiger partial charge on any atom is -0.368 e. The number of hydrogen-bond donors (Lipinski definition) is 3. The zero-order chi connectivity index (χ0) is 13.9. The summed E-state index contributed by atoms with van der Waals surface area (Å²) in [6.45, 7) is 2.27. The van der Waals surface area contributed by atoms with Crippen LogP contribution in [-0.2, 0) is 4.79 Å². The maximum Gasteiger partial charge on any atom is 0.224 e. The summed E-state index contributed by atoms with van der Waals surface area (Å²) in [5, 5.41) is 3.12. The van der Waals surface area contributed by atoms with E-state index < -0.39 is 0 Å². The molecule has 0 bridgehead atoms. The van der Waals surface area contributed by atoms with Gasteiger partial charge in [-0.3, -0.25) is 4.79 Å². The lowest BCUT2D eigenvalue weighted by Gasteiger charge is -2.15. The Morgan fingerprint density at radius 2 is 2.20 bits per heavy atom. The molecule has 2 aromatic rings. The molecule has 0 aromatic carbocycles. The van der Waals surface area contributed by atoms with Crippen LogP contribution in [0.15, 0.2) is 6.33 Å². The number of aromatic nitrogens is 4. The molecule has 0 atom stereocenters. The first-order valence-electron chi connectivity index (χ1n) is 6.72. The van der Waals surface area contributed by atoms with E-state index >= 15 is 0 Å². The van der Waals surface area contributed by atoms with Crippen LogP contribution < -0.4 is 11.1 Å². The highest BCUT2D eigenvalue weighted by Gasteiger charge is 2.17. The number of amides is 1. The van der Waals surface area contributed by atoms with Gasteiger partial charge in [0.15, 0.2) is 11.5 Å². The maximum atomic E-state index is 11.9. The first kappa shape index (κ1) is 12.6. The van der Waals surface area contributed by atoms with Crippen LogP contribution in [0.3, 0.4) is 0 Å². The molecule has 106 valence electrons. The van der Waals surface area contributed by atoms with Gasteiger partial charge in [-0.2, -0.15) is 9.97 Å². The lowest BCUT2D eigenvalue weighted by molar-refractivity contribution is -0.129. The number of hydrogen-bond acceptors (Lipinski definition) is 6. The highest BCUT2D eigenvalue weighted by Crippen LogP contribution is 2.17. The molecule has 0 radical (unpaired) electrons. The van der Waals surface area contributed by atoms with Crippen molar-refractivity contribution in [2.75, 3.05) is 30.7 Å². The number of nitrogens with two attached hydrogens (primary N) is 1. The zero-order valence-electron chi connectivity index (χ0n) is 11.1. The van der Waals surface area contributed by atoms with Crippen LogP contribution in [0.2, 0.25) is 0 Å². The number of rotatable bonds is 4. The standard InChI is InChI=1S/C12H17N7O/c13-12-17-10(9-11(18-12)16-7-15-9)14-4-3-8(20)19-5-1-2-6-19/h7H,1-6H2,(H4,13,14,15,16,17,18). The summed E-state index contributed by atoms with van der Waals surface area (Å²) in [5.41, 5.74) is 6.84. The minimum absolute atomic E-state index is 0.165. The van der Waals surface area contributed by atoms with Crippen LogP contribution in [0, 0.1) is 0 Å². The van der Waals surface area contributed by atoms with E-state index in [-0.39, 0.29) is 11.9 Å². The summed E-state index contributed by atoms with van der Waals surface area (Å²) in [5.74, 6) is 0.926. The smallest absolute Gasteiger partial charge is 0.224 e. The van der Waals surface area contributed by atoms with Gasteiger partial charge in [-0.15, -0.1) is 0 Å². The molecular formula is C12H17N7O. The van der Waals surface area contributed by atoms with Gasteiger partial charge >= 0.3 is 0 Å². The SMILES string of the molecule is Nc1nc(NCCC(=O)N2CCCC2)c2[nH]cnc2n1. The number of imidazole rings is 1. The van der Waals surface area contributed by atoms with Crippen molar-refractivity contribution in [3.63, 3.8) is 0 Å². The third-order valence-corrected chi connectivity index (χ3v) is 3.39. The third kappa shape index (κ3) is 2.49. The van der Waals surface area contributed by atoms with Gasteiger partial charge in [0.1, 0.15) is 5.52 Å². The molecular weight excluding hydrogens is 258 g/mol. The molecule has 8 nitrogen and oxygen atoms in total. The molecule has 2 aromatic heterocycles. The summed E-state index contributed by atoms with van der Waals surface area (Å²) in [6, 6.07) is 0. The van der Waals surface area contributed by atoms with E-state index in [1.54, 1.807) is 6.33 Å². The van der Waals surface area contributed by atoms with E-state index in [0.29, 0.717) is 29.9 Å². The summed E-state index contributed by atoms with van der Waals surface area (Å²) < 4.78 is 0. The fraction of sp³-hybridized carbons (Fsp3) is 0.500. The Morgan fingerprint density at radius 1 is 1.40 bits per heavy atom. The fourth-order valence-electron chi connectivity index (χ4n) is 2.39. The lowest BCUT2D eigenvalue weighted by atomic mass is 10.3. The Labute approximate surface area is 115 Å². The van der Waals surface area contributed by atoms with Crippen LogP contribution in [0.4, 0.5) is 11.8 Å². The number of nitrogens with zero attached hydrogens (tertiary/aromatic N) is 4. The van der Waals surface area contributed by atoms with E-state index in [0.717, 1.165) is 25.9 Å². The number of nitrogens with one attached hydrogen (secondary N) is 2. The highest BCUT2D eigenvalue weighted by molar-refractivity contribution is 5.84. The third-order valence-electron chi connectivity index (χ3n) is 3.39. The summed E-state index contributed by atoms with van der Waals surface area (Å²) >= 11 is 0. The molecule has 1 aliphatic rings. The van der Waals surface area contributed by atoms with Crippen molar-refractivity contribution in [2.45, 2.75) is 19.3 Å². The second-order valence-electron chi connectivity index (χ2n) is 4.80. The summed E-state index contributed by atoms with van der Waals surface area (Å²) in [7, 11) is 0. The lowest BCUT2D eigenvalue weighted by Crippen LogP contribution is -2.29. The van der Waals surface area contributed by atoms with Gasteiger partial charge in [0.25, 0.3) is 0 Å². The average molecular weight is 275 g/mol. The molecule has 1 fully saturated rings. The first-order valence-corrected chi connectivity index (χ1v) is 6.72. The van der Waals surface area contributed by atoms with Crippen molar-refractivity contribution in [3.8, 4) is 0 Å². The van der Waals surface area contributed by atoms with Crippen molar-refractivity contribution in [1.29, 1.82) is 0 Å². The molecule has 20 heavy (non-hydrogen) atoms. The largest absolute Gasteiger partial charge is 0.368 e. The highest BCUT2D eigenvalue weighted by atomic mass is 16.2. The van der Waals surface area contributed by atoms with Gasteiger partial charge in [-0.1, -0.05) is 0 Å². The van der Waals surface area contributed by atoms with Gasteiger partial charge in [0, 0.05) is 26.1 Å². The second-order valence-corrected chi connectivity index (χ2v) is 4.80. The zero-order valence-corrected chi connectivity index (χ0v) is 11.1. The van der Waals surface area contributed by atoms with Crippen molar-refractivity contribution < 1.29 is 4.79 Å². The Kier molecular flexibility index (Phi) is 3.36. The molecule has 1 saturated heterocycles. The van der Waals surface area contributed by atoms with Crippen molar-refractivity contribution in [3.05, 3.63) is 6.33 Å². The normalized spacial score (nSPS) is 14.9. The molecule has 3 heterocycles. The topological polar surface area (TPSA) is 113 Å². The molecule has 0 unspecified atom stereocenters. The van der Waals surface area contributed by atoms with Gasteiger partial charge < -0.3 is 20.9 Å². The maximum absolute atomic E-state index is 11.9. The molecule has 0 aliphatic carbocycles. The number of aromatic amines is 1. The number of likely N-dealkylation sites (tertiary alicyclic amines) is 1. The number of anilines is 2. The van der Waals surface area contributed by atoms with Crippen LogP contribution >= 0.6 is 0 Å². The molecule has 1 aliphatic heterocycles. The quantitative estimate of drug-likeness (QED) is 0.742. The number of fused-ring (bicyclic) bond motifs is 1. The fourth-order valence-corrected chi connectivity index (χ4v) is 2.39. The Bertz CT molecular complexity index is 617. The number of nitrogen functional groups attached to an aromatic ring is 1. The molecule has 3 rings (SSSR count). The predicted molar refractivity (Wildman–Crippen MR) is 75.0 cm³/mol. The number of carbonyl (C=O) groups is 1. The Hall–Kier alpha value is -2.38. The number of carbonyl (C=O) groups excluding carboxylic acids is 1. The molecule has 1 amide bonds. The van der Waals surface area contributed by atoms with Crippen molar-refractivity contribution in [2.24, 2.45) is 0 Å². The van der Waals surface area contributed by atoms with Crippen molar-refractivity contribution >= 4 is 28.8 Å². The van der Waals surface area contributed by atoms with Crippen LogP contribution in [-0.4, -0.2) is 50.4 Å². The van der Waals surface area contributed by atoms with E-state index in [4.69, 9.17) is 5.73 Å². The minimum atomic E-state index is 0.165. The Balaban J connectivity index is 1.62. The molecule has 0 saturated carbocycles. The monoisotopic (exact) mass is 275 g/mol. The van der Waals surface area contributed by atoms with Gasteiger partial charge in [0.2, 0.25) is 11.9 Å². The van der Waals surface area contributed by atoms with E-state index in [1.807, 2.05) is 4.90 Å². The number of H-pyrrole nitrogens is 1. The van der Waals surface area contributed by atoms with Crippen LogP contribution in [0.1, 0.15) is 19.3 Å². The summed E-state index contributed by atoms with van der Waals surface area (Å²) in [4.78, 5) is 29.0. The predicted octanol–water partition coefficient (Wildman–Crippen LogP) is 0.359. The summed E-state index contributed by atoms with van der Waals surface area (Å²) in [6.07, 6.45) is 4.20. The van der Waals surface area contributed by atoms with Crippen LogP contribution in [0.25, 0.3) is 11.2 Å². The molecule has 0 spiro atoms. The Morgan fingerprint density at radius 3 is 3.00 bits per heavy atom. The second kappa shape index (κ2) is 5.32. The molecule has 4 N–H and O–H groups in total.